The van der Waals surface area contributed by atoms with Gasteiger partial charge in [0.15, 0.2) is 5.82 Å². The Balaban J connectivity index is 1.87. The van der Waals surface area contributed by atoms with Gasteiger partial charge in [0.05, 0.1) is 6.54 Å². The van der Waals surface area contributed by atoms with E-state index >= 15 is 0 Å². The molecule has 0 bridgehead atoms. The lowest BCUT2D eigenvalue weighted by molar-refractivity contribution is 0.919. The third kappa shape index (κ3) is 2.62. The molecule has 1 N–H and O–H groups in total. The standard InChI is InChI=1S/C14H13BrN4S/c1-19-9-17-18-14(19)10-4-2-3-5-12(10)16-8-13-11(15)6-7-20-13/h2-7,9,16H,8H2,1H3. The molecule has 0 aliphatic carbocycles. The van der Waals surface area contributed by atoms with Gasteiger partial charge in [-0.1, -0.05) is 12.1 Å². The third-order valence-electron chi connectivity index (χ3n) is 3.01. The van der Waals surface area contributed by atoms with Crippen LogP contribution in [0.1, 0.15) is 4.88 Å². The first-order valence-corrected chi connectivity index (χ1v) is 7.82. The topological polar surface area (TPSA) is 42.7 Å². The van der Waals surface area contributed by atoms with E-state index in [0.29, 0.717) is 0 Å². The molecule has 0 spiro atoms. The Kier molecular flexibility index (Phi) is 3.84. The maximum atomic E-state index is 4.18. The van der Waals surface area contributed by atoms with E-state index in [1.54, 1.807) is 17.7 Å². The number of hydrogen-bond donors (Lipinski definition) is 1. The van der Waals surface area contributed by atoms with Gasteiger partial charge in [0.2, 0.25) is 0 Å². The Morgan fingerprint density at radius 2 is 2.15 bits per heavy atom. The van der Waals surface area contributed by atoms with Crippen LogP contribution in [0.15, 0.2) is 46.5 Å². The minimum atomic E-state index is 0.785. The van der Waals surface area contributed by atoms with Gasteiger partial charge in [-0.3, -0.25) is 0 Å². The Bertz CT molecular complexity index is 719. The van der Waals surface area contributed by atoms with Gasteiger partial charge in [0.1, 0.15) is 6.33 Å². The first-order valence-electron chi connectivity index (χ1n) is 6.15. The number of aromatic nitrogens is 3. The Morgan fingerprint density at radius 3 is 2.85 bits per heavy atom. The number of rotatable bonds is 4. The number of aryl methyl sites for hydroxylation is 1. The second-order valence-electron chi connectivity index (χ2n) is 4.36. The number of benzene rings is 1. The lowest BCUT2D eigenvalue weighted by Gasteiger charge is -2.11. The van der Waals surface area contributed by atoms with Crippen molar-refractivity contribution in [2.24, 2.45) is 7.05 Å². The summed E-state index contributed by atoms with van der Waals surface area (Å²) in [5.41, 5.74) is 2.11. The van der Waals surface area contributed by atoms with Gasteiger partial charge in [0, 0.05) is 27.6 Å². The molecule has 0 unspecified atom stereocenters. The van der Waals surface area contributed by atoms with Crippen molar-refractivity contribution < 1.29 is 0 Å². The molecule has 0 aliphatic heterocycles. The summed E-state index contributed by atoms with van der Waals surface area (Å²) in [6, 6.07) is 10.2. The zero-order valence-electron chi connectivity index (χ0n) is 10.9. The zero-order valence-corrected chi connectivity index (χ0v) is 13.3. The van der Waals surface area contributed by atoms with E-state index in [2.05, 4.69) is 55.0 Å². The maximum Gasteiger partial charge on any atom is 0.165 e. The van der Waals surface area contributed by atoms with Crippen LogP contribution in [0, 0.1) is 0 Å². The van der Waals surface area contributed by atoms with Crippen molar-refractivity contribution >= 4 is 33.0 Å². The van der Waals surface area contributed by atoms with Gasteiger partial charge in [-0.05, 0) is 39.5 Å². The smallest absolute Gasteiger partial charge is 0.165 e. The SMILES string of the molecule is Cn1cnnc1-c1ccccc1NCc1sccc1Br. The molecule has 0 amide bonds. The summed E-state index contributed by atoms with van der Waals surface area (Å²) in [7, 11) is 1.95. The lowest BCUT2D eigenvalue weighted by Crippen LogP contribution is -2.01. The summed E-state index contributed by atoms with van der Waals surface area (Å²) in [6.45, 7) is 0.785. The Labute approximate surface area is 129 Å². The first-order chi connectivity index (χ1) is 9.75. The minimum Gasteiger partial charge on any atom is -0.380 e. The van der Waals surface area contributed by atoms with Crippen LogP contribution in [0.25, 0.3) is 11.4 Å². The van der Waals surface area contributed by atoms with Gasteiger partial charge in [-0.2, -0.15) is 0 Å². The van der Waals surface area contributed by atoms with E-state index < -0.39 is 0 Å². The van der Waals surface area contributed by atoms with Crippen LogP contribution in [-0.4, -0.2) is 14.8 Å². The van der Waals surface area contributed by atoms with Gasteiger partial charge >= 0.3 is 0 Å². The van der Waals surface area contributed by atoms with Crippen LogP contribution in [-0.2, 0) is 13.6 Å². The molecular weight excluding hydrogens is 336 g/mol. The Morgan fingerprint density at radius 1 is 1.30 bits per heavy atom. The molecule has 2 aromatic heterocycles. The van der Waals surface area contributed by atoms with Crippen LogP contribution < -0.4 is 5.32 Å². The molecule has 20 heavy (non-hydrogen) atoms. The van der Waals surface area contributed by atoms with Crippen LogP contribution in [0.2, 0.25) is 0 Å². The van der Waals surface area contributed by atoms with Crippen molar-refractivity contribution in [2.75, 3.05) is 5.32 Å². The fraction of sp³-hybridized carbons (Fsp3) is 0.143. The second kappa shape index (κ2) is 5.76. The predicted molar refractivity (Wildman–Crippen MR) is 85.8 cm³/mol. The number of para-hydroxylation sites is 1. The molecule has 0 atom stereocenters. The lowest BCUT2D eigenvalue weighted by atomic mass is 10.1. The average molecular weight is 349 g/mol. The minimum absolute atomic E-state index is 0.785. The number of hydrogen-bond acceptors (Lipinski definition) is 4. The monoisotopic (exact) mass is 348 g/mol. The molecule has 2 heterocycles. The van der Waals surface area contributed by atoms with Crippen molar-refractivity contribution in [1.29, 1.82) is 0 Å². The molecule has 4 nitrogen and oxygen atoms in total. The molecule has 0 fully saturated rings. The summed E-state index contributed by atoms with van der Waals surface area (Å²) in [5.74, 6) is 0.860. The molecular formula is C14H13BrN4S. The molecule has 0 saturated carbocycles. The van der Waals surface area contributed by atoms with Crippen molar-refractivity contribution in [1.82, 2.24) is 14.8 Å². The summed E-state index contributed by atoms with van der Waals surface area (Å²) < 4.78 is 3.06. The van der Waals surface area contributed by atoms with Crippen LogP contribution >= 0.6 is 27.3 Å². The number of thiophene rings is 1. The van der Waals surface area contributed by atoms with Crippen molar-refractivity contribution in [3.63, 3.8) is 0 Å². The normalized spacial score (nSPS) is 10.7. The highest BCUT2D eigenvalue weighted by molar-refractivity contribution is 9.10. The summed E-state index contributed by atoms with van der Waals surface area (Å²) in [4.78, 5) is 1.28. The highest BCUT2D eigenvalue weighted by atomic mass is 79.9. The molecule has 6 heteroatoms. The molecule has 0 radical (unpaired) electrons. The fourth-order valence-electron chi connectivity index (χ4n) is 1.99. The summed E-state index contributed by atoms with van der Waals surface area (Å²) >= 11 is 5.29. The van der Waals surface area contributed by atoms with E-state index in [0.717, 1.165) is 28.1 Å². The van der Waals surface area contributed by atoms with E-state index in [9.17, 15) is 0 Å². The van der Waals surface area contributed by atoms with Crippen molar-refractivity contribution in [3.8, 4) is 11.4 Å². The molecule has 0 aliphatic rings. The fourth-order valence-corrected chi connectivity index (χ4v) is 3.42. The van der Waals surface area contributed by atoms with E-state index in [1.807, 2.05) is 23.7 Å². The molecule has 3 aromatic rings. The van der Waals surface area contributed by atoms with Gasteiger partial charge in [-0.15, -0.1) is 21.5 Å². The largest absolute Gasteiger partial charge is 0.380 e. The number of halogens is 1. The zero-order chi connectivity index (χ0) is 13.9. The molecule has 0 saturated heterocycles. The first kappa shape index (κ1) is 13.3. The summed E-state index contributed by atoms with van der Waals surface area (Å²) in [5, 5.41) is 13.7. The average Bonchev–Trinajstić information content (AvgIpc) is 3.06. The second-order valence-corrected chi connectivity index (χ2v) is 6.21. The van der Waals surface area contributed by atoms with Gasteiger partial charge in [0.25, 0.3) is 0 Å². The predicted octanol–water partition coefficient (Wildman–Crippen LogP) is 3.92. The molecule has 102 valence electrons. The Hall–Kier alpha value is -1.66. The third-order valence-corrected chi connectivity index (χ3v) is 4.94. The quantitative estimate of drug-likeness (QED) is 0.776. The molecule has 3 rings (SSSR count). The van der Waals surface area contributed by atoms with E-state index in [4.69, 9.17) is 0 Å². The van der Waals surface area contributed by atoms with E-state index in [-0.39, 0.29) is 0 Å². The maximum absolute atomic E-state index is 4.18. The number of nitrogens with one attached hydrogen (secondary N) is 1. The number of anilines is 1. The number of nitrogens with zero attached hydrogens (tertiary/aromatic N) is 3. The molecule has 1 aromatic carbocycles. The van der Waals surface area contributed by atoms with Crippen LogP contribution in [0.5, 0.6) is 0 Å². The highest BCUT2D eigenvalue weighted by Crippen LogP contribution is 2.28. The van der Waals surface area contributed by atoms with Crippen molar-refractivity contribution in [2.45, 2.75) is 6.54 Å². The van der Waals surface area contributed by atoms with Crippen LogP contribution in [0.4, 0.5) is 5.69 Å². The highest BCUT2D eigenvalue weighted by Gasteiger charge is 2.10. The van der Waals surface area contributed by atoms with Crippen molar-refractivity contribution in [3.05, 3.63) is 51.4 Å². The van der Waals surface area contributed by atoms with Gasteiger partial charge in [-0.25, -0.2) is 0 Å². The van der Waals surface area contributed by atoms with Crippen LogP contribution in [0.3, 0.4) is 0 Å². The summed E-state index contributed by atoms with van der Waals surface area (Å²) in [6.07, 6.45) is 1.71. The van der Waals surface area contributed by atoms with Gasteiger partial charge < -0.3 is 9.88 Å². The van der Waals surface area contributed by atoms with E-state index in [1.165, 1.54) is 4.88 Å².